The number of anilines is 2. The quantitative estimate of drug-likeness (QED) is 0.639. The zero-order valence-corrected chi connectivity index (χ0v) is 14.4. The number of hydrogen-bond acceptors (Lipinski definition) is 4. The van der Waals surface area contributed by atoms with Gasteiger partial charge < -0.3 is 4.52 Å². The number of carbonyl (C=O) groups excluding carboxylic acids is 1. The van der Waals surface area contributed by atoms with Gasteiger partial charge in [0, 0.05) is 0 Å². The van der Waals surface area contributed by atoms with E-state index in [1.807, 2.05) is 49.6 Å². The van der Waals surface area contributed by atoms with E-state index in [0.717, 1.165) is 11.3 Å². The number of aryl methyl sites for hydroxylation is 2. The fourth-order valence-corrected chi connectivity index (χ4v) is 3.10. The van der Waals surface area contributed by atoms with E-state index >= 15 is 0 Å². The summed E-state index contributed by atoms with van der Waals surface area (Å²) in [6.07, 6.45) is 0. The Hall–Kier alpha value is -1.92. The van der Waals surface area contributed by atoms with E-state index < -0.39 is 0 Å². The summed E-state index contributed by atoms with van der Waals surface area (Å²) in [5, 5.41) is 5.82. The Labute approximate surface area is 140 Å². The number of hydrogen-bond donors (Lipinski definition) is 0. The van der Waals surface area contributed by atoms with Gasteiger partial charge in [-0.1, -0.05) is 29.4 Å². The maximum absolute atomic E-state index is 12.9. The number of carbonyl (C=O) groups is 1. The normalized spacial score (nSPS) is 10.7. The first-order valence-electron chi connectivity index (χ1n) is 6.65. The van der Waals surface area contributed by atoms with Crippen molar-refractivity contribution in [1.82, 2.24) is 5.16 Å². The van der Waals surface area contributed by atoms with E-state index in [9.17, 15) is 4.79 Å². The highest BCUT2D eigenvalue weighted by atomic mass is 79.9. The molecule has 1 aromatic carbocycles. The van der Waals surface area contributed by atoms with Gasteiger partial charge >= 0.3 is 0 Å². The van der Waals surface area contributed by atoms with Crippen LogP contribution in [-0.2, 0) is 0 Å². The molecule has 6 heteroatoms. The average Bonchev–Trinajstić information content (AvgIpc) is 3.15. The molecule has 0 N–H and O–H groups in total. The summed E-state index contributed by atoms with van der Waals surface area (Å²) in [6.45, 7) is 3.78. The third-order valence-electron chi connectivity index (χ3n) is 3.27. The van der Waals surface area contributed by atoms with Crippen LogP contribution in [0.15, 0.2) is 50.8 Å². The average molecular weight is 377 g/mol. The Kier molecular flexibility index (Phi) is 4.13. The SMILES string of the molecule is Cc1ccccc1N(C(=O)c1cccs1)c1onc(C)c1Br. The molecule has 22 heavy (non-hydrogen) atoms. The van der Waals surface area contributed by atoms with Crippen molar-refractivity contribution in [2.75, 3.05) is 4.90 Å². The van der Waals surface area contributed by atoms with Crippen molar-refractivity contribution < 1.29 is 9.32 Å². The second-order valence-corrected chi connectivity index (χ2v) is 6.53. The lowest BCUT2D eigenvalue weighted by Gasteiger charge is -2.21. The van der Waals surface area contributed by atoms with Crippen LogP contribution >= 0.6 is 27.3 Å². The third-order valence-corrected chi connectivity index (χ3v) is 5.04. The van der Waals surface area contributed by atoms with Gasteiger partial charge in [-0.15, -0.1) is 11.3 Å². The lowest BCUT2D eigenvalue weighted by molar-refractivity contribution is 0.0998. The maximum atomic E-state index is 12.9. The van der Waals surface area contributed by atoms with Crippen LogP contribution in [-0.4, -0.2) is 11.1 Å². The summed E-state index contributed by atoms with van der Waals surface area (Å²) in [5.74, 6) is 0.256. The maximum Gasteiger partial charge on any atom is 0.275 e. The number of nitrogens with zero attached hydrogens (tertiary/aromatic N) is 2. The minimum absolute atomic E-state index is 0.138. The van der Waals surface area contributed by atoms with Gasteiger partial charge in [0.05, 0.1) is 16.3 Å². The minimum Gasteiger partial charge on any atom is -0.336 e. The minimum atomic E-state index is -0.138. The van der Waals surface area contributed by atoms with Crippen molar-refractivity contribution >= 4 is 44.7 Å². The second kappa shape index (κ2) is 6.06. The van der Waals surface area contributed by atoms with Gasteiger partial charge in [-0.05, 0) is 52.9 Å². The molecule has 0 saturated carbocycles. The Morgan fingerprint density at radius 2 is 2.00 bits per heavy atom. The number of para-hydroxylation sites is 1. The fraction of sp³-hybridized carbons (Fsp3) is 0.125. The Morgan fingerprint density at radius 3 is 2.59 bits per heavy atom. The molecule has 0 unspecified atom stereocenters. The highest BCUT2D eigenvalue weighted by Gasteiger charge is 2.28. The molecule has 112 valence electrons. The van der Waals surface area contributed by atoms with Gasteiger partial charge in [-0.2, -0.15) is 0 Å². The van der Waals surface area contributed by atoms with Crippen LogP contribution in [0.4, 0.5) is 11.6 Å². The number of benzene rings is 1. The highest BCUT2D eigenvalue weighted by molar-refractivity contribution is 9.10. The van der Waals surface area contributed by atoms with E-state index in [1.165, 1.54) is 11.3 Å². The first-order valence-corrected chi connectivity index (χ1v) is 8.32. The summed E-state index contributed by atoms with van der Waals surface area (Å²) in [5.41, 5.74) is 2.46. The van der Waals surface area contributed by atoms with Crippen LogP contribution in [0.2, 0.25) is 0 Å². The van der Waals surface area contributed by atoms with Crippen LogP contribution in [0.3, 0.4) is 0 Å². The molecule has 0 saturated heterocycles. The number of thiophene rings is 1. The van der Waals surface area contributed by atoms with E-state index in [4.69, 9.17) is 4.52 Å². The monoisotopic (exact) mass is 376 g/mol. The summed E-state index contributed by atoms with van der Waals surface area (Å²) >= 11 is 4.86. The van der Waals surface area contributed by atoms with Crippen LogP contribution in [0.1, 0.15) is 20.9 Å². The predicted molar refractivity (Wildman–Crippen MR) is 90.9 cm³/mol. The zero-order valence-electron chi connectivity index (χ0n) is 12.0. The lowest BCUT2D eigenvalue weighted by Crippen LogP contribution is -2.25. The van der Waals surface area contributed by atoms with Gasteiger partial charge in [0.15, 0.2) is 0 Å². The van der Waals surface area contributed by atoms with Crippen molar-refractivity contribution in [3.05, 3.63) is 62.4 Å². The molecule has 2 heterocycles. The smallest absolute Gasteiger partial charge is 0.275 e. The van der Waals surface area contributed by atoms with Gasteiger partial charge in [-0.3, -0.25) is 4.79 Å². The summed E-state index contributed by atoms with van der Waals surface area (Å²) < 4.78 is 6.08. The van der Waals surface area contributed by atoms with Gasteiger partial charge in [-0.25, -0.2) is 4.90 Å². The van der Waals surface area contributed by atoms with Gasteiger partial charge in [0.1, 0.15) is 4.47 Å². The summed E-state index contributed by atoms with van der Waals surface area (Å²) in [4.78, 5) is 15.2. The third kappa shape index (κ3) is 2.60. The molecule has 0 fully saturated rings. The Balaban J connectivity index is 2.17. The molecule has 3 aromatic rings. The molecule has 3 rings (SSSR count). The van der Waals surface area contributed by atoms with E-state index in [2.05, 4.69) is 21.1 Å². The molecule has 1 amide bonds. The van der Waals surface area contributed by atoms with Crippen LogP contribution in [0.25, 0.3) is 0 Å². The molecule has 0 aliphatic rings. The fourth-order valence-electron chi connectivity index (χ4n) is 2.12. The highest BCUT2D eigenvalue weighted by Crippen LogP contribution is 2.37. The van der Waals surface area contributed by atoms with E-state index in [1.54, 1.807) is 11.0 Å². The topological polar surface area (TPSA) is 46.3 Å². The Bertz CT molecular complexity index is 811. The first-order chi connectivity index (χ1) is 10.6. The van der Waals surface area contributed by atoms with Crippen LogP contribution < -0.4 is 4.90 Å². The van der Waals surface area contributed by atoms with Gasteiger partial charge in [0.2, 0.25) is 0 Å². The molecule has 0 bridgehead atoms. The van der Waals surface area contributed by atoms with Gasteiger partial charge in [0.25, 0.3) is 11.8 Å². The summed E-state index contributed by atoms with van der Waals surface area (Å²) in [7, 11) is 0. The van der Waals surface area contributed by atoms with Crippen molar-refractivity contribution in [3.63, 3.8) is 0 Å². The largest absolute Gasteiger partial charge is 0.336 e. The standard InChI is InChI=1S/C16H13BrN2O2S/c1-10-6-3-4-7-12(10)19(15(20)13-8-5-9-22-13)16-14(17)11(2)18-21-16/h3-9H,1-2H3. The second-order valence-electron chi connectivity index (χ2n) is 4.79. The van der Waals surface area contributed by atoms with Crippen molar-refractivity contribution in [1.29, 1.82) is 0 Å². The molecule has 2 aromatic heterocycles. The summed E-state index contributed by atoms with van der Waals surface area (Å²) in [6, 6.07) is 11.3. The van der Waals surface area contributed by atoms with Crippen molar-refractivity contribution in [2.24, 2.45) is 0 Å². The molecular weight excluding hydrogens is 364 g/mol. The number of amides is 1. The van der Waals surface area contributed by atoms with E-state index in [0.29, 0.717) is 20.9 Å². The predicted octanol–water partition coefficient (Wildman–Crippen LogP) is 5.09. The lowest BCUT2D eigenvalue weighted by atomic mass is 10.1. The zero-order chi connectivity index (χ0) is 15.7. The molecule has 0 atom stereocenters. The molecular formula is C16H13BrN2O2S. The first kappa shape index (κ1) is 15.0. The number of aromatic nitrogens is 1. The molecule has 4 nitrogen and oxygen atoms in total. The molecule has 0 radical (unpaired) electrons. The van der Waals surface area contributed by atoms with E-state index in [-0.39, 0.29) is 5.91 Å². The molecule has 0 spiro atoms. The number of halogens is 1. The molecule has 0 aliphatic heterocycles. The Morgan fingerprint density at radius 1 is 1.23 bits per heavy atom. The van der Waals surface area contributed by atoms with Crippen molar-refractivity contribution in [3.8, 4) is 0 Å². The molecule has 0 aliphatic carbocycles. The van der Waals surface area contributed by atoms with Crippen LogP contribution in [0, 0.1) is 13.8 Å². The number of rotatable bonds is 3. The van der Waals surface area contributed by atoms with Crippen LogP contribution in [0.5, 0.6) is 0 Å². The van der Waals surface area contributed by atoms with Crippen molar-refractivity contribution in [2.45, 2.75) is 13.8 Å².